The van der Waals surface area contributed by atoms with Crippen LogP contribution in [0.4, 0.5) is 0 Å². The standard InChI is InChI=1S/C15H28N2O3S/c1-11(2)9-16-10-14-7-8-15(20-14)21(18,19)17(6)13(5)12(3)4/h7-8,11-13,16H,9-10H2,1-6H3. The van der Waals surface area contributed by atoms with Gasteiger partial charge in [-0.25, -0.2) is 8.42 Å². The fourth-order valence-corrected chi connectivity index (χ4v) is 3.27. The highest BCUT2D eigenvalue weighted by Crippen LogP contribution is 2.22. The van der Waals surface area contributed by atoms with Gasteiger partial charge in [0.15, 0.2) is 0 Å². The molecule has 122 valence electrons. The van der Waals surface area contributed by atoms with Gasteiger partial charge >= 0.3 is 0 Å². The molecule has 6 heteroatoms. The van der Waals surface area contributed by atoms with E-state index in [4.69, 9.17) is 4.42 Å². The maximum Gasteiger partial charge on any atom is 0.276 e. The van der Waals surface area contributed by atoms with Crippen LogP contribution >= 0.6 is 0 Å². The zero-order valence-electron chi connectivity index (χ0n) is 13.9. The largest absolute Gasteiger partial charge is 0.447 e. The van der Waals surface area contributed by atoms with Crippen molar-refractivity contribution in [1.29, 1.82) is 0 Å². The number of hydrogen-bond acceptors (Lipinski definition) is 4. The molecule has 1 heterocycles. The van der Waals surface area contributed by atoms with E-state index in [9.17, 15) is 8.42 Å². The molecule has 5 nitrogen and oxygen atoms in total. The molecule has 0 bridgehead atoms. The zero-order chi connectivity index (χ0) is 16.2. The van der Waals surface area contributed by atoms with Crippen molar-refractivity contribution >= 4 is 10.0 Å². The van der Waals surface area contributed by atoms with Crippen molar-refractivity contribution in [2.75, 3.05) is 13.6 Å². The molecule has 1 aromatic heterocycles. The first kappa shape index (κ1) is 18.2. The third-order valence-electron chi connectivity index (χ3n) is 3.66. The Morgan fingerprint density at radius 2 is 1.81 bits per heavy atom. The van der Waals surface area contributed by atoms with Crippen molar-refractivity contribution in [3.8, 4) is 0 Å². The second-order valence-corrected chi connectivity index (χ2v) is 8.18. The molecule has 21 heavy (non-hydrogen) atoms. The van der Waals surface area contributed by atoms with Gasteiger partial charge in [-0.15, -0.1) is 0 Å². The summed E-state index contributed by atoms with van der Waals surface area (Å²) >= 11 is 0. The Labute approximate surface area is 128 Å². The number of nitrogens with zero attached hydrogens (tertiary/aromatic N) is 1. The Morgan fingerprint density at radius 1 is 1.19 bits per heavy atom. The monoisotopic (exact) mass is 316 g/mol. The van der Waals surface area contributed by atoms with E-state index in [2.05, 4.69) is 19.2 Å². The maximum atomic E-state index is 12.5. The average Bonchev–Trinajstić information content (AvgIpc) is 2.85. The Morgan fingerprint density at radius 3 is 2.33 bits per heavy atom. The summed E-state index contributed by atoms with van der Waals surface area (Å²) < 4.78 is 31.8. The number of hydrogen-bond donors (Lipinski definition) is 1. The van der Waals surface area contributed by atoms with Gasteiger partial charge in [0.2, 0.25) is 5.09 Å². The third kappa shape index (κ3) is 4.83. The molecule has 1 atom stereocenters. The first-order valence-corrected chi connectivity index (χ1v) is 8.87. The van der Waals surface area contributed by atoms with Crippen LogP contribution in [0.15, 0.2) is 21.6 Å². The van der Waals surface area contributed by atoms with Crippen LogP contribution in [0.3, 0.4) is 0 Å². The van der Waals surface area contributed by atoms with Crippen molar-refractivity contribution in [2.45, 2.75) is 52.3 Å². The predicted octanol–water partition coefficient (Wildman–Crippen LogP) is 2.69. The topological polar surface area (TPSA) is 62.6 Å². The van der Waals surface area contributed by atoms with E-state index in [1.807, 2.05) is 20.8 Å². The van der Waals surface area contributed by atoms with E-state index in [1.54, 1.807) is 13.1 Å². The molecule has 0 saturated heterocycles. The quantitative estimate of drug-likeness (QED) is 0.801. The van der Waals surface area contributed by atoms with Crippen LogP contribution in [0.5, 0.6) is 0 Å². The number of nitrogens with one attached hydrogen (secondary N) is 1. The van der Waals surface area contributed by atoms with Crippen LogP contribution in [0, 0.1) is 11.8 Å². The van der Waals surface area contributed by atoms with Gasteiger partial charge in [0.1, 0.15) is 5.76 Å². The van der Waals surface area contributed by atoms with Gasteiger partial charge in [-0.1, -0.05) is 27.7 Å². The first-order valence-electron chi connectivity index (χ1n) is 7.43. The summed E-state index contributed by atoms with van der Waals surface area (Å²) in [6, 6.07) is 3.17. The third-order valence-corrected chi connectivity index (χ3v) is 5.48. The Bertz CT molecular complexity index is 535. The summed E-state index contributed by atoms with van der Waals surface area (Å²) in [6.45, 7) is 11.5. The highest BCUT2D eigenvalue weighted by Gasteiger charge is 2.29. The lowest BCUT2D eigenvalue weighted by atomic mass is 10.1. The van der Waals surface area contributed by atoms with E-state index in [-0.39, 0.29) is 17.1 Å². The minimum atomic E-state index is -3.56. The molecule has 0 aliphatic heterocycles. The van der Waals surface area contributed by atoms with Crippen molar-refractivity contribution < 1.29 is 12.8 Å². The SMILES string of the molecule is CC(C)CNCc1ccc(S(=O)(=O)N(C)C(C)C(C)C)o1. The first-order chi connectivity index (χ1) is 9.66. The van der Waals surface area contributed by atoms with Gasteiger partial charge in [-0.2, -0.15) is 4.31 Å². The molecule has 0 spiro atoms. The summed E-state index contributed by atoms with van der Waals surface area (Å²) in [7, 11) is -1.97. The molecule has 0 radical (unpaired) electrons. The fourth-order valence-electron chi connectivity index (χ4n) is 1.86. The van der Waals surface area contributed by atoms with Crippen molar-refractivity contribution in [1.82, 2.24) is 9.62 Å². The van der Waals surface area contributed by atoms with E-state index in [0.717, 1.165) is 6.54 Å². The summed E-state index contributed by atoms with van der Waals surface area (Å²) in [5.74, 6) is 1.42. The molecule has 1 aromatic rings. The second kappa shape index (κ2) is 7.42. The molecular formula is C15H28N2O3S. The fraction of sp³-hybridized carbons (Fsp3) is 0.733. The van der Waals surface area contributed by atoms with Gasteiger partial charge in [-0.05, 0) is 37.4 Å². The van der Waals surface area contributed by atoms with Crippen molar-refractivity contribution in [3.05, 3.63) is 17.9 Å². The van der Waals surface area contributed by atoms with Gasteiger partial charge in [-0.3, -0.25) is 0 Å². The molecule has 0 aromatic carbocycles. The summed E-state index contributed by atoms with van der Waals surface area (Å²) in [4.78, 5) is 0. The van der Waals surface area contributed by atoms with Crippen molar-refractivity contribution in [3.63, 3.8) is 0 Å². The normalized spacial score (nSPS) is 14.3. The highest BCUT2D eigenvalue weighted by atomic mass is 32.2. The van der Waals surface area contributed by atoms with Crippen molar-refractivity contribution in [2.24, 2.45) is 11.8 Å². The molecule has 0 aliphatic rings. The molecule has 0 saturated carbocycles. The number of furan rings is 1. The summed E-state index contributed by atoms with van der Waals surface area (Å²) in [6.07, 6.45) is 0. The number of sulfonamides is 1. The second-order valence-electron chi connectivity index (χ2n) is 6.25. The van der Waals surface area contributed by atoms with E-state index in [1.165, 1.54) is 10.4 Å². The Kier molecular flexibility index (Phi) is 6.43. The summed E-state index contributed by atoms with van der Waals surface area (Å²) in [5.41, 5.74) is 0. The Hall–Kier alpha value is -0.850. The Balaban J connectivity index is 2.79. The van der Waals surface area contributed by atoms with Gasteiger partial charge in [0.25, 0.3) is 10.0 Å². The lowest BCUT2D eigenvalue weighted by molar-refractivity contribution is 0.302. The summed E-state index contributed by atoms with van der Waals surface area (Å²) in [5, 5.41) is 3.25. The predicted molar refractivity (Wildman–Crippen MR) is 84.5 cm³/mol. The van der Waals surface area contributed by atoms with Gasteiger partial charge < -0.3 is 9.73 Å². The molecule has 0 fully saturated rings. The highest BCUT2D eigenvalue weighted by molar-refractivity contribution is 7.89. The van der Waals surface area contributed by atoms with E-state index >= 15 is 0 Å². The lowest BCUT2D eigenvalue weighted by Crippen LogP contribution is -2.38. The molecule has 1 rings (SSSR count). The van der Waals surface area contributed by atoms with Crippen LogP contribution < -0.4 is 5.32 Å². The number of rotatable bonds is 8. The van der Waals surface area contributed by atoms with Crippen LogP contribution in [0.1, 0.15) is 40.4 Å². The van der Waals surface area contributed by atoms with Crippen LogP contribution in [-0.2, 0) is 16.6 Å². The molecular weight excluding hydrogens is 288 g/mol. The smallest absolute Gasteiger partial charge is 0.276 e. The minimum Gasteiger partial charge on any atom is -0.447 e. The molecule has 0 amide bonds. The lowest BCUT2D eigenvalue weighted by Gasteiger charge is -2.26. The molecule has 1 unspecified atom stereocenters. The maximum absolute atomic E-state index is 12.5. The molecule has 0 aliphatic carbocycles. The molecule has 1 N–H and O–H groups in total. The van der Waals surface area contributed by atoms with Crippen LogP contribution in [0.25, 0.3) is 0 Å². The van der Waals surface area contributed by atoms with E-state index < -0.39 is 10.0 Å². The van der Waals surface area contributed by atoms with Crippen LogP contribution in [-0.4, -0.2) is 32.4 Å². The van der Waals surface area contributed by atoms with Gasteiger partial charge in [0, 0.05) is 13.1 Å². The van der Waals surface area contributed by atoms with Gasteiger partial charge in [0.05, 0.1) is 6.54 Å². The zero-order valence-corrected chi connectivity index (χ0v) is 14.7. The van der Waals surface area contributed by atoms with E-state index in [0.29, 0.717) is 18.2 Å². The minimum absolute atomic E-state index is 0.0128. The van der Waals surface area contributed by atoms with Crippen LogP contribution in [0.2, 0.25) is 0 Å². The average molecular weight is 316 g/mol.